The molecule has 2 heterocycles. The Hall–Kier alpha value is -3.23. The molecule has 1 aliphatic rings. The van der Waals surface area contributed by atoms with E-state index in [9.17, 15) is 9.18 Å². The number of benzene rings is 1. The lowest BCUT2D eigenvalue weighted by Crippen LogP contribution is -2.50. The van der Waals surface area contributed by atoms with Crippen molar-refractivity contribution < 1.29 is 9.18 Å². The Morgan fingerprint density at radius 3 is 2.40 bits per heavy atom. The first-order valence-electron chi connectivity index (χ1n) is 10.1. The van der Waals surface area contributed by atoms with Crippen molar-refractivity contribution in [3.8, 4) is 0 Å². The topological polar surface area (TPSA) is 85.8 Å². The minimum absolute atomic E-state index is 0.123. The van der Waals surface area contributed by atoms with E-state index in [1.807, 2.05) is 4.90 Å². The number of carbonyl (C=O) groups excluding carboxylic acids is 1. The first kappa shape index (κ1) is 21.5. The Morgan fingerprint density at radius 2 is 1.73 bits per heavy atom. The highest BCUT2D eigenvalue weighted by atomic mass is 19.1. The summed E-state index contributed by atoms with van der Waals surface area (Å²) >= 11 is 0. The zero-order valence-corrected chi connectivity index (χ0v) is 17.2. The number of amides is 1. The molecule has 1 fully saturated rings. The maximum atomic E-state index is 12.9. The van der Waals surface area contributed by atoms with E-state index >= 15 is 0 Å². The summed E-state index contributed by atoms with van der Waals surface area (Å²) in [4.78, 5) is 29.2. The number of nitrogens with zero attached hydrogens (tertiary/aromatic N) is 5. The maximum absolute atomic E-state index is 12.9. The Balaban J connectivity index is 1.32. The molecule has 1 aromatic heterocycles. The average molecular weight is 414 g/mol. The zero-order chi connectivity index (χ0) is 21.2. The van der Waals surface area contributed by atoms with Gasteiger partial charge in [0.2, 0.25) is 11.9 Å². The smallest absolute Gasteiger partial charge is 0.225 e. The standard InChI is InChI=1S/C21H28FN7O/c1-23-20(24-11-7-17-3-5-18(22)6-4-17)25-12-8-19(30)28-13-15-29(16-14-28)21-26-9-2-10-27-21/h2-6,9-10H,7-8,11-16H2,1H3,(H2,23,24,25). The van der Waals surface area contributed by atoms with Crippen LogP contribution < -0.4 is 15.5 Å². The second kappa shape index (κ2) is 11.1. The van der Waals surface area contributed by atoms with Crippen LogP contribution in [-0.2, 0) is 11.2 Å². The number of hydrogen-bond donors (Lipinski definition) is 2. The molecule has 0 unspecified atom stereocenters. The summed E-state index contributed by atoms with van der Waals surface area (Å²) in [6.07, 6.45) is 4.62. The van der Waals surface area contributed by atoms with Crippen molar-refractivity contribution in [3.05, 3.63) is 54.1 Å². The van der Waals surface area contributed by atoms with Crippen LogP contribution in [0.5, 0.6) is 0 Å². The van der Waals surface area contributed by atoms with Crippen LogP contribution in [0, 0.1) is 5.82 Å². The molecule has 0 spiro atoms. The molecule has 8 nitrogen and oxygen atoms in total. The van der Waals surface area contributed by atoms with Gasteiger partial charge in [0.05, 0.1) is 0 Å². The van der Waals surface area contributed by atoms with Crippen LogP contribution in [-0.4, -0.2) is 73.1 Å². The van der Waals surface area contributed by atoms with Crippen molar-refractivity contribution in [1.29, 1.82) is 0 Å². The van der Waals surface area contributed by atoms with Crippen molar-refractivity contribution in [2.75, 3.05) is 51.2 Å². The largest absolute Gasteiger partial charge is 0.356 e. The van der Waals surface area contributed by atoms with Gasteiger partial charge >= 0.3 is 0 Å². The van der Waals surface area contributed by atoms with E-state index < -0.39 is 0 Å². The number of piperazine rings is 1. The van der Waals surface area contributed by atoms with Crippen LogP contribution in [0.3, 0.4) is 0 Å². The van der Waals surface area contributed by atoms with Gasteiger partial charge in [-0.05, 0) is 30.2 Å². The van der Waals surface area contributed by atoms with Gasteiger partial charge < -0.3 is 20.4 Å². The highest BCUT2D eigenvalue weighted by molar-refractivity contribution is 5.81. The number of rotatable bonds is 7. The minimum Gasteiger partial charge on any atom is -0.356 e. The fourth-order valence-electron chi connectivity index (χ4n) is 3.25. The van der Waals surface area contributed by atoms with Crippen molar-refractivity contribution in [2.24, 2.45) is 4.99 Å². The average Bonchev–Trinajstić information content (AvgIpc) is 2.80. The molecule has 3 rings (SSSR count). The van der Waals surface area contributed by atoms with Crippen LogP contribution in [0.15, 0.2) is 47.7 Å². The predicted octanol–water partition coefficient (Wildman–Crippen LogP) is 1.06. The molecule has 1 amide bonds. The van der Waals surface area contributed by atoms with Gasteiger partial charge in [-0.3, -0.25) is 9.79 Å². The number of anilines is 1. The Kier molecular flexibility index (Phi) is 7.94. The molecule has 1 saturated heterocycles. The molecule has 160 valence electrons. The molecule has 30 heavy (non-hydrogen) atoms. The van der Waals surface area contributed by atoms with E-state index in [-0.39, 0.29) is 11.7 Å². The SMILES string of the molecule is CN=C(NCCC(=O)N1CCN(c2ncccn2)CC1)NCCc1ccc(F)cc1. The molecule has 2 N–H and O–H groups in total. The second-order valence-corrected chi connectivity index (χ2v) is 6.97. The van der Waals surface area contributed by atoms with Gasteiger partial charge in [0.25, 0.3) is 0 Å². The number of guanidine groups is 1. The third-order valence-corrected chi connectivity index (χ3v) is 4.94. The van der Waals surface area contributed by atoms with Crippen molar-refractivity contribution >= 4 is 17.8 Å². The molecule has 0 aliphatic carbocycles. The Morgan fingerprint density at radius 1 is 1.07 bits per heavy atom. The highest BCUT2D eigenvalue weighted by Gasteiger charge is 2.22. The number of nitrogens with one attached hydrogen (secondary N) is 2. The Labute approximate surface area is 176 Å². The summed E-state index contributed by atoms with van der Waals surface area (Å²) in [6.45, 7) is 3.98. The van der Waals surface area contributed by atoms with Gasteiger partial charge in [0.1, 0.15) is 5.82 Å². The number of aliphatic imine (C=N–C) groups is 1. The van der Waals surface area contributed by atoms with Gasteiger partial charge in [0.15, 0.2) is 5.96 Å². The summed E-state index contributed by atoms with van der Waals surface area (Å²) in [5, 5.41) is 6.38. The van der Waals surface area contributed by atoms with Gasteiger partial charge in [-0.15, -0.1) is 0 Å². The third-order valence-electron chi connectivity index (χ3n) is 4.94. The van der Waals surface area contributed by atoms with Crippen LogP contribution in [0.25, 0.3) is 0 Å². The fraction of sp³-hybridized carbons (Fsp3) is 0.429. The lowest BCUT2D eigenvalue weighted by atomic mass is 10.1. The molecule has 1 aliphatic heterocycles. The molecule has 0 atom stereocenters. The summed E-state index contributed by atoms with van der Waals surface area (Å²) in [7, 11) is 1.69. The summed E-state index contributed by atoms with van der Waals surface area (Å²) in [6, 6.07) is 8.26. The number of halogens is 1. The van der Waals surface area contributed by atoms with Crippen LogP contribution in [0.1, 0.15) is 12.0 Å². The first-order valence-corrected chi connectivity index (χ1v) is 10.1. The molecule has 2 aromatic rings. The number of aromatic nitrogens is 2. The van der Waals surface area contributed by atoms with Crippen molar-refractivity contribution in [3.63, 3.8) is 0 Å². The highest BCUT2D eigenvalue weighted by Crippen LogP contribution is 2.10. The van der Waals surface area contributed by atoms with E-state index in [0.29, 0.717) is 44.5 Å². The van der Waals surface area contributed by atoms with Gasteiger partial charge in [-0.1, -0.05) is 12.1 Å². The molecular formula is C21H28FN7O. The van der Waals surface area contributed by atoms with E-state index in [2.05, 4.69) is 30.5 Å². The number of hydrogen-bond acceptors (Lipinski definition) is 5. The minimum atomic E-state index is -0.233. The molecule has 1 aromatic carbocycles. The Bertz CT molecular complexity index is 821. The number of carbonyl (C=O) groups is 1. The van der Waals surface area contributed by atoms with E-state index in [0.717, 1.165) is 25.1 Å². The summed E-state index contributed by atoms with van der Waals surface area (Å²) < 4.78 is 12.9. The second-order valence-electron chi connectivity index (χ2n) is 6.97. The normalized spacial score (nSPS) is 14.5. The van der Waals surface area contributed by atoms with Crippen LogP contribution >= 0.6 is 0 Å². The van der Waals surface area contributed by atoms with E-state index in [1.54, 1.807) is 37.6 Å². The quantitative estimate of drug-likeness (QED) is 0.522. The first-order chi connectivity index (χ1) is 14.7. The van der Waals surface area contributed by atoms with Gasteiger partial charge in [0, 0.05) is 65.1 Å². The molecule has 0 bridgehead atoms. The third kappa shape index (κ3) is 6.40. The summed E-state index contributed by atoms with van der Waals surface area (Å²) in [5.74, 6) is 1.25. The maximum Gasteiger partial charge on any atom is 0.225 e. The molecule has 0 saturated carbocycles. The van der Waals surface area contributed by atoms with Crippen molar-refractivity contribution in [1.82, 2.24) is 25.5 Å². The van der Waals surface area contributed by atoms with Crippen LogP contribution in [0.4, 0.5) is 10.3 Å². The van der Waals surface area contributed by atoms with Crippen molar-refractivity contribution in [2.45, 2.75) is 12.8 Å². The fourth-order valence-corrected chi connectivity index (χ4v) is 3.25. The molecule has 9 heteroatoms. The van der Waals surface area contributed by atoms with Gasteiger partial charge in [-0.2, -0.15) is 0 Å². The lowest BCUT2D eigenvalue weighted by Gasteiger charge is -2.34. The lowest BCUT2D eigenvalue weighted by molar-refractivity contribution is -0.131. The summed E-state index contributed by atoms with van der Waals surface area (Å²) in [5.41, 5.74) is 1.05. The van der Waals surface area contributed by atoms with Crippen LogP contribution in [0.2, 0.25) is 0 Å². The zero-order valence-electron chi connectivity index (χ0n) is 17.2. The van der Waals surface area contributed by atoms with Gasteiger partial charge in [-0.25, -0.2) is 14.4 Å². The predicted molar refractivity (Wildman–Crippen MR) is 115 cm³/mol. The molecular weight excluding hydrogens is 385 g/mol. The van der Waals surface area contributed by atoms with E-state index in [4.69, 9.17) is 0 Å². The van der Waals surface area contributed by atoms with E-state index in [1.165, 1.54) is 12.1 Å². The monoisotopic (exact) mass is 413 g/mol. The molecule has 0 radical (unpaired) electrons.